The Morgan fingerprint density at radius 1 is 1.16 bits per heavy atom. The summed E-state index contributed by atoms with van der Waals surface area (Å²) in [7, 11) is 2.13. The van der Waals surface area contributed by atoms with Crippen molar-refractivity contribution in [1.82, 2.24) is 29.5 Å². The van der Waals surface area contributed by atoms with Gasteiger partial charge in [0.1, 0.15) is 6.61 Å². The molecule has 9 nitrogen and oxygen atoms in total. The number of anilines is 1. The van der Waals surface area contributed by atoms with Crippen LogP contribution in [0.2, 0.25) is 0 Å². The molecule has 1 saturated heterocycles. The van der Waals surface area contributed by atoms with Gasteiger partial charge in [0.15, 0.2) is 16.6 Å². The van der Waals surface area contributed by atoms with Crippen molar-refractivity contribution in [3.63, 3.8) is 0 Å². The number of likely N-dealkylation sites (N-methyl/N-ethyl adjacent to an activating group) is 1. The van der Waals surface area contributed by atoms with E-state index in [0.717, 1.165) is 62.3 Å². The van der Waals surface area contributed by atoms with Crippen LogP contribution in [-0.4, -0.2) is 94.3 Å². The molecule has 3 aromatic rings. The second kappa shape index (κ2) is 14.1. The summed E-state index contributed by atoms with van der Waals surface area (Å²) < 4.78 is 7.59. The molecule has 1 amide bonds. The van der Waals surface area contributed by atoms with E-state index in [9.17, 15) is 4.79 Å². The largest absolute Gasteiger partial charge is 0.448 e. The zero-order valence-corrected chi connectivity index (χ0v) is 24.1. The summed E-state index contributed by atoms with van der Waals surface area (Å²) in [5, 5.41) is 5.66. The first-order chi connectivity index (χ1) is 18.5. The van der Waals surface area contributed by atoms with E-state index in [-0.39, 0.29) is 11.5 Å². The Morgan fingerprint density at radius 3 is 2.63 bits per heavy atom. The van der Waals surface area contributed by atoms with Crippen molar-refractivity contribution in [2.75, 3.05) is 63.6 Å². The van der Waals surface area contributed by atoms with Gasteiger partial charge >= 0.3 is 6.09 Å². The quantitative estimate of drug-likeness (QED) is 0.176. The number of benzene rings is 1. The smallest absolute Gasteiger partial charge is 0.415 e. The van der Waals surface area contributed by atoms with E-state index in [2.05, 4.69) is 35.8 Å². The summed E-state index contributed by atoms with van der Waals surface area (Å²) in [6, 6.07) is 9.94. The van der Waals surface area contributed by atoms with Crippen molar-refractivity contribution in [2.24, 2.45) is 0 Å². The predicted molar refractivity (Wildman–Crippen MR) is 154 cm³/mol. The molecule has 4 rings (SSSR count). The molecule has 0 N–H and O–H groups in total. The second-order valence-electron chi connectivity index (χ2n) is 9.47. The van der Waals surface area contributed by atoms with Crippen molar-refractivity contribution in [1.29, 1.82) is 0 Å². The Morgan fingerprint density at radius 2 is 1.92 bits per heavy atom. The maximum atomic E-state index is 13.4. The number of halogens is 1. The maximum Gasteiger partial charge on any atom is 0.415 e. The first-order valence-corrected chi connectivity index (χ1v) is 14.8. The topological polar surface area (TPSA) is 79.6 Å². The van der Waals surface area contributed by atoms with Crippen LogP contribution in [0.25, 0.3) is 11.0 Å². The number of piperazine rings is 1. The third kappa shape index (κ3) is 7.37. The summed E-state index contributed by atoms with van der Waals surface area (Å²) in [4.78, 5) is 29.3. The fourth-order valence-electron chi connectivity index (χ4n) is 4.38. The highest BCUT2D eigenvalue weighted by Gasteiger charge is 2.25. The van der Waals surface area contributed by atoms with Gasteiger partial charge in [-0.3, -0.25) is 9.80 Å². The number of carbonyl (C=O) groups excluding carboxylic acids is 1. The lowest BCUT2D eigenvalue weighted by atomic mass is 10.1. The van der Waals surface area contributed by atoms with Gasteiger partial charge < -0.3 is 9.64 Å². The minimum atomic E-state index is -0.382. The predicted octanol–water partition coefficient (Wildman–Crippen LogP) is 4.91. The summed E-state index contributed by atoms with van der Waals surface area (Å²) >= 11 is 8.28. The van der Waals surface area contributed by atoms with Crippen molar-refractivity contribution in [3.8, 4) is 0 Å². The summed E-state index contributed by atoms with van der Waals surface area (Å²) in [6.07, 6.45) is 3.13. The molecule has 0 radical (unpaired) electrons. The van der Waals surface area contributed by atoms with Gasteiger partial charge in [0.05, 0.1) is 23.5 Å². The molecule has 3 heterocycles. The highest BCUT2D eigenvalue weighted by molar-refractivity contribution is 7.99. The third-order valence-corrected chi connectivity index (χ3v) is 7.78. The normalized spacial score (nSPS) is 15.6. The number of thioether (sulfide) groups is 1. The number of alkyl halides is 1. The number of unbranched alkanes of at least 4 members (excludes halogenated alkanes) is 1. The van der Waals surface area contributed by atoms with Crippen LogP contribution in [0.15, 0.2) is 41.7 Å². The van der Waals surface area contributed by atoms with Crippen LogP contribution < -0.4 is 4.90 Å². The molecule has 1 atom stereocenters. The summed E-state index contributed by atoms with van der Waals surface area (Å²) in [5.74, 6) is 1.35. The van der Waals surface area contributed by atoms with Crippen LogP contribution in [0.3, 0.4) is 0 Å². The number of ether oxygens (including phenoxy) is 1. The van der Waals surface area contributed by atoms with E-state index in [4.69, 9.17) is 26.3 Å². The maximum absolute atomic E-state index is 13.4. The van der Waals surface area contributed by atoms with Crippen LogP contribution in [0, 0.1) is 0 Å². The minimum absolute atomic E-state index is 0.268. The van der Waals surface area contributed by atoms with Gasteiger partial charge in [-0.1, -0.05) is 62.4 Å². The van der Waals surface area contributed by atoms with Gasteiger partial charge in [0.2, 0.25) is 0 Å². The van der Waals surface area contributed by atoms with Crippen LogP contribution in [-0.2, 0) is 11.3 Å². The molecule has 11 heteroatoms. The monoisotopic (exact) mass is 559 g/mol. The Kier molecular flexibility index (Phi) is 10.6. The molecule has 38 heavy (non-hydrogen) atoms. The number of hydrogen-bond donors (Lipinski definition) is 0. The zero-order chi connectivity index (χ0) is 26.9. The van der Waals surface area contributed by atoms with Gasteiger partial charge in [-0.05, 0) is 24.8 Å². The number of nitrogens with zero attached hydrogens (tertiary/aromatic N) is 7. The fourth-order valence-corrected chi connectivity index (χ4v) is 5.22. The number of aromatic nitrogens is 4. The molecule has 1 aliphatic heterocycles. The van der Waals surface area contributed by atoms with E-state index in [1.165, 1.54) is 11.8 Å². The van der Waals surface area contributed by atoms with E-state index < -0.39 is 0 Å². The molecule has 1 fully saturated rings. The van der Waals surface area contributed by atoms with Gasteiger partial charge in [0, 0.05) is 39.3 Å². The lowest BCUT2D eigenvalue weighted by Crippen LogP contribution is -2.46. The number of hydrogen-bond acceptors (Lipinski definition) is 8. The minimum Gasteiger partial charge on any atom is -0.448 e. The molecule has 0 spiro atoms. The first-order valence-electron chi connectivity index (χ1n) is 13.4. The molecule has 0 saturated carbocycles. The molecule has 1 aliphatic rings. The Bertz CT molecular complexity index is 1170. The van der Waals surface area contributed by atoms with Crippen molar-refractivity contribution in [3.05, 3.63) is 42.1 Å². The van der Waals surface area contributed by atoms with Gasteiger partial charge in [0.25, 0.3) is 0 Å². The zero-order valence-electron chi connectivity index (χ0n) is 22.6. The standard InChI is InChI=1S/C27H38ClN7O2S/c1-4-6-12-34(27(36)37-18-17-33-15-13-32(3)14-16-33)24-22-19-29-35(25(22)31-26(30-24)38-5-2)20-23(28)21-10-8-7-9-11-21/h7-11,19,23H,4-6,12-18,20H2,1-3H3. The van der Waals surface area contributed by atoms with Crippen LogP contribution in [0.1, 0.15) is 37.6 Å². The molecule has 1 unspecified atom stereocenters. The number of carbonyl (C=O) groups is 1. The van der Waals surface area contributed by atoms with E-state index in [1.807, 2.05) is 35.0 Å². The number of rotatable bonds is 12. The molecular weight excluding hydrogens is 522 g/mol. The van der Waals surface area contributed by atoms with Crippen molar-refractivity contribution >= 4 is 46.3 Å². The third-order valence-electron chi connectivity index (χ3n) is 6.66. The van der Waals surface area contributed by atoms with E-state index in [1.54, 1.807) is 11.1 Å². The van der Waals surface area contributed by atoms with E-state index in [0.29, 0.717) is 36.3 Å². The Hall–Kier alpha value is -2.40. The van der Waals surface area contributed by atoms with Crippen LogP contribution in [0.4, 0.5) is 10.6 Å². The van der Waals surface area contributed by atoms with Gasteiger partial charge in [-0.2, -0.15) is 5.10 Å². The SMILES string of the molecule is CCCCN(C(=O)OCCN1CCN(C)CC1)c1nc(SCC)nc2c1cnn2CC(Cl)c1ccccc1. The van der Waals surface area contributed by atoms with E-state index >= 15 is 0 Å². The second-order valence-corrected chi connectivity index (χ2v) is 11.2. The lowest BCUT2D eigenvalue weighted by Gasteiger charge is -2.32. The summed E-state index contributed by atoms with van der Waals surface area (Å²) in [6.45, 7) is 10.2. The molecular formula is C27H38ClN7O2S. The summed E-state index contributed by atoms with van der Waals surface area (Å²) in [5.41, 5.74) is 1.68. The average Bonchev–Trinajstić information content (AvgIpc) is 3.33. The highest BCUT2D eigenvalue weighted by Crippen LogP contribution is 2.30. The molecule has 206 valence electrons. The van der Waals surface area contributed by atoms with Crippen molar-refractivity contribution < 1.29 is 9.53 Å². The van der Waals surface area contributed by atoms with Crippen molar-refractivity contribution in [2.45, 2.75) is 43.8 Å². The molecule has 0 aliphatic carbocycles. The molecule has 2 aromatic heterocycles. The Balaban J connectivity index is 1.57. The lowest BCUT2D eigenvalue weighted by molar-refractivity contribution is 0.107. The molecule has 1 aromatic carbocycles. The van der Waals surface area contributed by atoms with Gasteiger partial charge in [-0.15, -0.1) is 11.6 Å². The first kappa shape index (κ1) is 28.6. The van der Waals surface area contributed by atoms with Crippen LogP contribution >= 0.6 is 23.4 Å². The average molecular weight is 560 g/mol. The fraction of sp³-hybridized carbons (Fsp3) is 0.556. The number of amides is 1. The highest BCUT2D eigenvalue weighted by atomic mass is 35.5. The molecule has 0 bridgehead atoms. The number of fused-ring (bicyclic) bond motifs is 1. The van der Waals surface area contributed by atoms with Crippen LogP contribution in [0.5, 0.6) is 0 Å². The Labute approximate surface area is 234 Å². The van der Waals surface area contributed by atoms with Gasteiger partial charge in [-0.25, -0.2) is 19.4 Å².